The van der Waals surface area contributed by atoms with E-state index in [4.69, 9.17) is 4.74 Å². The molecular weight excluding hydrogens is 454 g/mol. The summed E-state index contributed by atoms with van der Waals surface area (Å²) in [4.78, 5) is 8.66. The SMILES string of the molecule is C=N/N=C(OCSC)\C(=C/C)C(C)C.c1cc2ncsc2c(Nc2cc(C3CCC3)[nH]n2)n1. The van der Waals surface area contributed by atoms with E-state index in [1.807, 2.05) is 30.8 Å². The maximum atomic E-state index is 5.46. The molecule has 1 fully saturated rings. The molecule has 3 aromatic heterocycles. The fourth-order valence-corrected chi connectivity index (χ4v) is 4.34. The fraction of sp³-hybridized carbons (Fsp3) is 0.435. The average molecular weight is 486 g/mol. The summed E-state index contributed by atoms with van der Waals surface area (Å²) < 4.78 is 6.52. The Morgan fingerprint density at radius 2 is 2.24 bits per heavy atom. The summed E-state index contributed by atoms with van der Waals surface area (Å²) in [7, 11) is 0. The summed E-state index contributed by atoms with van der Waals surface area (Å²) >= 11 is 3.19. The van der Waals surface area contributed by atoms with Gasteiger partial charge in [-0.3, -0.25) is 5.10 Å². The molecule has 0 unspecified atom stereocenters. The van der Waals surface area contributed by atoms with Gasteiger partial charge < -0.3 is 10.1 Å². The van der Waals surface area contributed by atoms with E-state index in [0.717, 1.165) is 27.4 Å². The monoisotopic (exact) mass is 485 g/mol. The lowest BCUT2D eigenvalue weighted by molar-refractivity contribution is 0.375. The minimum Gasteiger partial charge on any atom is -0.465 e. The van der Waals surface area contributed by atoms with Gasteiger partial charge >= 0.3 is 0 Å². The molecule has 1 aliphatic rings. The van der Waals surface area contributed by atoms with Gasteiger partial charge in [-0.1, -0.05) is 26.3 Å². The first-order valence-electron chi connectivity index (χ1n) is 10.9. The van der Waals surface area contributed by atoms with Gasteiger partial charge in [0.25, 0.3) is 0 Å². The first kappa shape index (κ1) is 24.9. The predicted molar refractivity (Wildman–Crippen MR) is 141 cm³/mol. The lowest BCUT2D eigenvalue weighted by atomic mass is 9.83. The summed E-state index contributed by atoms with van der Waals surface area (Å²) in [6.07, 6.45) is 9.60. The van der Waals surface area contributed by atoms with Gasteiger partial charge in [0, 0.05) is 36.2 Å². The summed E-state index contributed by atoms with van der Waals surface area (Å²) in [6.45, 7) is 9.49. The Bertz CT molecular complexity index is 1100. The van der Waals surface area contributed by atoms with Crippen molar-refractivity contribution in [3.8, 4) is 0 Å². The summed E-state index contributed by atoms with van der Waals surface area (Å²) in [5, 5.41) is 18.1. The highest BCUT2D eigenvalue weighted by Crippen LogP contribution is 2.36. The maximum Gasteiger partial charge on any atom is 0.237 e. The molecule has 1 aliphatic carbocycles. The molecule has 0 spiro atoms. The van der Waals surface area contributed by atoms with Crippen molar-refractivity contribution in [3.63, 3.8) is 0 Å². The highest BCUT2D eigenvalue weighted by Gasteiger charge is 2.21. The number of nitrogens with one attached hydrogen (secondary N) is 2. The second-order valence-electron chi connectivity index (χ2n) is 7.82. The lowest BCUT2D eigenvalue weighted by Gasteiger charge is -2.23. The molecule has 4 rings (SSSR count). The number of pyridine rings is 1. The lowest BCUT2D eigenvalue weighted by Crippen LogP contribution is -2.12. The minimum absolute atomic E-state index is 0.377. The van der Waals surface area contributed by atoms with Gasteiger partial charge in [0.2, 0.25) is 5.90 Å². The zero-order valence-electron chi connectivity index (χ0n) is 19.5. The van der Waals surface area contributed by atoms with Gasteiger partial charge in [0.1, 0.15) is 5.94 Å². The van der Waals surface area contributed by atoms with Crippen LogP contribution in [0.2, 0.25) is 0 Å². The van der Waals surface area contributed by atoms with Crippen LogP contribution >= 0.6 is 23.1 Å². The third kappa shape index (κ3) is 6.64. The van der Waals surface area contributed by atoms with Gasteiger partial charge in [0.15, 0.2) is 11.6 Å². The summed E-state index contributed by atoms with van der Waals surface area (Å²) in [5.74, 6) is 3.85. The third-order valence-electron chi connectivity index (χ3n) is 5.29. The molecule has 3 aromatic rings. The van der Waals surface area contributed by atoms with Crippen LogP contribution in [0.3, 0.4) is 0 Å². The van der Waals surface area contributed by atoms with Crippen molar-refractivity contribution in [1.82, 2.24) is 20.2 Å². The molecule has 33 heavy (non-hydrogen) atoms. The third-order valence-corrected chi connectivity index (χ3v) is 6.49. The molecule has 3 heterocycles. The van der Waals surface area contributed by atoms with Crippen LogP contribution in [0.4, 0.5) is 11.6 Å². The number of aromatic nitrogens is 4. The van der Waals surface area contributed by atoms with E-state index in [2.05, 4.69) is 62.3 Å². The van der Waals surface area contributed by atoms with Crippen LogP contribution in [0, 0.1) is 5.92 Å². The van der Waals surface area contributed by atoms with Crippen molar-refractivity contribution < 1.29 is 4.74 Å². The second kappa shape index (κ2) is 12.5. The zero-order chi connectivity index (χ0) is 23.6. The number of aromatic amines is 1. The molecule has 0 radical (unpaired) electrons. The van der Waals surface area contributed by atoms with E-state index in [0.29, 0.717) is 23.7 Å². The van der Waals surface area contributed by atoms with Crippen LogP contribution in [0.1, 0.15) is 51.6 Å². The molecule has 0 bridgehead atoms. The maximum absolute atomic E-state index is 5.46. The largest absolute Gasteiger partial charge is 0.465 e. The van der Waals surface area contributed by atoms with E-state index < -0.39 is 0 Å². The Hall–Kier alpha value is -2.72. The smallest absolute Gasteiger partial charge is 0.237 e. The number of allylic oxidation sites excluding steroid dienone is 1. The Labute approximate surface area is 203 Å². The van der Waals surface area contributed by atoms with Crippen LogP contribution in [0.15, 0.2) is 45.7 Å². The van der Waals surface area contributed by atoms with Gasteiger partial charge in [-0.2, -0.15) is 10.2 Å². The molecule has 8 nitrogen and oxygen atoms in total. The number of anilines is 2. The first-order chi connectivity index (χ1) is 16.1. The van der Waals surface area contributed by atoms with Crippen LogP contribution < -0.4 is 5.32 Å². The zero-order valence-corrected chi connectivity index (χ0v) is 21.2. The molecule has 2 N–H and O–H groups in total. The minimum atomic E-state index is 0.377. The number of nitrogens with zero attached hydrogens (tertiary/aromatic N) is 5. The highest BCUT2D eigenvalue weighted by molar-refractivity contribution is 7.98. The Balaban J connectivity index is 0.000000197. The number of rotatable bonds is 8. The second-order valence-corrected chi connectivity index (χ2v) is 9.49. The van der Waals surface area contributed by atoms with E-state index in [-0.39, 0.29) is 0 Å². The van der Waals surface area contributed by atoms with Gasteiger partial charge in [-0.05, 0) is 38.0 Å². The molecule has 0 aliphatic heterocycles. The number of hydrogen-bond acceptors (Lipinski definition) is 9. The standard InChI is InChI=1S/C13H13N5S.C10H18N2OS/c1-2-8(3-1)10-6-11(18-17-10)16-13-12-9(4-5-14-13)15-7-19-12;1-6-9(8(2)3)10(12-11-4)13-7-14-5/h4-8H,1-3H2,(H2,14,16,17,18);6,8H,4,7H2,1-3,5H3/b;9-6-,12-10+. The molecule has 10 heteroatoms. The summed E-state index contributed by atoms with van der Waals surface area (Å²) in [6, 6.07) is 4.01. The molecule has 1 saturated carbocycles. The molecule has 176 valence electrons. The number of fused-ring (bicyclic) bond motifs is 1. The predicted octanol–water partition coefficient (Wildman–Crippen LogP) is 6.37. The molecular formula is C23H31N7OS2. The highest BCUT2D eigenvalue weighted by atomic mass is 32.2. The Morgan fingerprint density at radius 3 is 2.88 bits per heavy atom. The number of H-pyrrole nitrogens is 1. The van der Waals surface area contributed by atoms with Gasteiger partial charge in [0.05, 0.1) is 15.7 Å². The van der Waals surface area contributed by atoms with E-state index >= 15 is 0 Å². The van der Waals surface area contributed by atoms with E-state index in [1.165, 1.54) is 25.0 Å². The van der Waals surface area contributed by atoms with Gasteiger partial charge in [-0.25, -0.2) is 9.97 Å². The van der Waals surface area contributed by atoms with E-state index in [1.54, 1.807) is 29.3 Å². The molecule has 0 saturated heterocycles. The van der Waals surface area contributed by atoms with Crippen molar-refractivity contribution >= 4 is 57.6 Å². The number of thiazole rings is 1. The Morgan fingerprint density at radius 1 is 1.42 bits per heavy atom. The van der Waals surface area contributed by atoms with Crippen molar-refractivity contribution in [3.05, 3.63) is 41.2 Å². The average Bonchev–Trinajstić information content (AvgIpc) is 3.42. The van der Waals surface area contributed by atoms with Crippen LogP contribution in [-0.4, -0.2) is 45.0 Å². The van der Waals surface area contributed by atoms with Crippen molar-refractivity contribution in [2.45, 2.75) is 46.0 Å². The molecule has 0 amide bonds. The normalized spacial score (nSPS) is 14.6. The molecule has 0 atom stereocenters. The van der Waals surface area contributed by atoms with Gasteiger partial charge in [-0.15, -0.1) is 28.2 Å². The van der Waals surface area contributed by atoms with Crippen LogP contribution in [0.25, 0.3) is 10.2 Å². The quantitative estimate of drug-likeness (QED) is 0.166. The fourth-order valence-electron chi connectivity index (χ4n) is 3.38. The number of ether oxygens (including phenoxy) is 1. The van der Waals surface area contributed by atoms with Crippen molar-refractivity contribution in [2.75, 3.05) is 17.5 Å². The number of hydrogen-bond donors (Lipinski definition) is 2. The van der Waals surface area contributed by atoms with Crippen LogP contribution in [-0.2, 0) is 4.74 Å². The Kier molecular flexibility index (Phi) is 9.44. The first-order valence-corrected chi connectivity index (χ1v) is 13.2. The van der Waals surface area contributed by atoms with E-state index in [9.17, 15) is 0 Å². The van der Waals surface area contributed by atoms with Crippen molar-refractivity contribution in [1.29, 1.82) is 0 Å². The number of thioether (sulfide) groups is 1. The van der Waals surface area contributed by atoms with Crippen LogP contribution in [0.5, 0.6) is 0 Å². The topological polar surface area (TPSA) is 100 Å². The molecule has 0 aromatic carbocycles. The summed E-state index contributed by atoms with van der Waals surface area (Å²) in [5.41, 5.74) is 5.09. The van der Waals surface area contributed by atoms with Crippen molar-refractivity contribution in [2.24, 2.45) is 16.1 Å².